The van der Waals surface area contributed by atoms with Crippen LogP contribution in [0.2, 0.25) is 10.0 Å². The monoisotopic (exact) mass is 402 g/mol. The van der Waals surface area contributed by atoms with E-state index in [0.717, 1.165) is 12.8 Å². The van der Waals surface area contributed by atoms with Crippen LogP contribution in [0.25, 0.3) is 0 Å². The van der Waals surface area contributed by atoms with Crippen LogP contribution in [0, 0.1) is 0 Å². The molecule has 0 aliphatic rings. The molecule has 0 radical (unpaired) electrons. The highest BCUT2D eigenvalue weighted by Gasteiger charge is 2.12. The number of rotatable bonds is 9. The molecule has 0 N–H and O–H groups in total. The molecule has 2 aromatic heterocycles. The molecule has 0 fully saturated rings. The maximum Gasteiger partial charge on any atom is 0.289 e. The Hall–Kier alpha value is -2.06. The SMILES string of the molecule is CCCn1ncc(OCCOc2cnn(CCC)c(=O)c2Cl)c(Cl)c1=O. The molecule has 0 atom stereocenters. The molecule has 8 nitrogen and oxygen atoms in total. The second kappa shape index (κ2) is 9.59. The maximum atomic E-state index is 12.0. The Morgan fingerprint density at radius 1 is 0.846 bits per heavy atom. The number of nitrogens with zero attached hydrogens (tertiary/aromatic N) is 4. The quantitative estimate of drug-likeness (QED) is 0.598. The zero-order valence-corrected chi connectivity index (χ0v) is 16.1. The van der Waals surface area contributed by atoms with Crippen molar-refractivity contribution in [1.82, 2.24) is 19.6 Å². The molecule has 0 unspecified atom stereocenters. The van der Waals surface area contributed by atoms with Gasteiger partial charge in [-0.25, -0.2) is 9.36 Å². The highest BCUT2D eigenvalue weighted by atomic mass is 35.5. The summed E-state index contributed by atoms with van der Waals surface area (Å²) in [5, 5.41) is 7.93. The van der Waals surface area contributed by atoms with E-state index in [0.29, 0.717) is 13.1 Å². The summed E-state index contributed by atoms with van der Waals surface area (Å²) in [6.07, 6.45) is 4.31. The molecule has 10 heteroatoms. The highest BCUT2D eigenvalue weighted by Crippen LogP contribution is 2.20. The molecule has 2 aromatic rings. The van der Waals surface area contributed by atoms with Gasteiger partial charge in [0.05, 0.1) is 12.4 Å². The molecule has 0 amide bonds. The van der Waals surface area contributed by atoms with Crippen molar-refractivity contribution in [1.29, 1.82) is 0 Å². The topological polar surface area (TPSA) is 88.2 Å². The van der Waals surface area contributed by atoms with Gasteiger partial charge in [-0.2, -0.15) is 10.2 Å². The molecular formula is C16H20Cl2N4O4. The second-order valence-corrected chi connectivity index (χ2v) is 6.16. The van der Waals surface area contributed by atoms with Gasteiger partial charge in [0, 0.05) is 13.1 Å². The summed E-state index contributed by atoms with van der Waals surface area (Å²) in [4.78, 5) is 24.0. The Labute approximate surface area is 160 Å². The van der Waals surface area contributed by atoms with Crippen LogP contribution in [-0.2, 0) is 13.1 Å². The van der Waals surface area contributed by atoms with E-state index in [1.165, 1.54) is 21.8 Å². The number of hydrogen-bond acceptors (Lipinski definition) is 6. The van der Waals surface area contributed by atoms with Crippen LogP contribution in [0.1, 0.15) is 26.7 Å². The predicted octanol–water partition coefficient (Wildman–Crippen LogP) is 2.38. The van der Waals surface area contributed by atoms with Crippen LogP contribution in [0.15, 0.2) is 22.0 Å². The molecule has 0 spiro atoms. The van der Waals surface area contributed by atoms with Gasteiger partial charge in [-0.3, -0.25) is 9.59 Å². The summed E-state index contributed by atoms with van der Waals surface area (Å²) in [6, 6.07) is 0. The smallest absolute Gasteiger partial charge is 0.289 e. The molecule has 0 aliphatic carbocycles. The fourth-order valence-corrected chi connectivity index (χ4v) is 2.55. The molecule has 2 rings (SSSR count). The van der Waals surface area contributed by atoms with Crippen LogP contribution in [0.5, 0.6) is 11.5 Å². The lowest BCUT2D eigenvalue weighted by Gasteiger charge is -2.11. The standard InChI is InChI=1S/C16H20Cl2N4O4/c1-3-5-21-15(23)13(17)11(9-19-21)25-7-8-26-12-10-20-22(6-4-2)16(24)14(12)18/h9-10H,3-8H2,1-2H3. The van der Waals surface area contributed by atoms with Gasteiger partial charge in [0.1, 0.15) is 13.2 Å². The van der Waals surface area contributed by atoms with Gasteiger partial charge < -0.3 is 9.47 Å². The van der Waals surface area contributed by atoms with Crippen molar-refractivity contribution in [2.75, 3.05) is 13.2 Å². The lowest BCUT2D eigenvalue weighted by Crippen LogP contribution is -2.24. The molecule has 0 aromatic carbocycles. The first-order chi connectivity index (χ1) is 12.5. The van der Waals surface area contributed by atoms with Gasteiger partial charge in [0.15, 0.2) is 21.5 Å². The zero-order chi connectivity index (χ0) is 19.1. The Balaban J connectivity index is 1.95. The summed E-state index contributed by atoms with van der Waals surface area (Å²) in [5.74, 6) is 0.352. The maximum absolute atomic E-state index is 12.0. The minimum atomic E-state index is -0.404. The van der Waals surface area contributed by atoms with Gasteiger partial charge in [-0.15, -0.1) is 0 Å². The third-order valence-electron chi connectivity index (χ3n) is 3.38. The predicted molar refractivity (Wildman–Crippen MR) is 98.6 cm³/mol. The first-order valence-electron chi connectivity index (χ1n) is 8.26. The van der Waals surface area contributed by atoms with E-state index in [9.17, 15) is 9.59 Å². The van der Waals surface area contributed by atoms with E-state index in [-0.39, 0.29) is 34.8 Å². The van der Waals surface area contributed by atoms with Crippen molar-refractivity contribution in [2.45, 2.75) is 39.8 Å². The van der Waals surface area contributed by atoms with Crippen LogP contribution >= 0.6 is 23.2 Å². The normalized spacial score (nSPS) is 10.8. The van der Waals surface area contributed by atoms with Crippen LogP contribution in [0.4, 0.5) is 0 Å². The van der Waals surface area contributed by atoms with Crippen molar-refractivity contribution in [3.63, 3.8) is 0 Å². The molecule has 0 saturated carbocycles. The van der Waals surface area contributed by atoms with Crippen LogP contribution in [0.3, 0.4) is 0 Å². The molecule has 142 valence electrons. The van der Waals surface area contributed by atoms with E-state index >= 15 is 0 Å². The van der Waals surface area contributed by atoms with E-state index in [1.54, 1.807) is 0 Å². The van der Waals surface area contributed by atoms with E-state index in [4.69, 9.17) is 32.7 Å². The van der Waals surface area contributed by atoms with Gasteiger partial charge in [0.2, 0.25) is 0 Å². The first kappa shape index (κ1) is 20.3. The van der Waals surface area contributed by atoms with Crippen LogP contribution in [-0.4, -0.2) is 32.8 Å². The third-order valence-corrected chi connectivity index (χ3v) is 4.07. The van der Waals surface area contributed by atoms with Crippen molar-refractivity contribution < 1.29 is 9.47 Å². The zero-order valence-electron chi connectivity index (χ0n) is 14.6. The molecule has 0 bridgehead atoms. The summed E-state index contributed by atoms with van der Waals surface area (Å²) in [7, 11) is 0. The Morgan fingerprint density at radius 3 is 1.58 bits per heavy atom. The minimum absolute atomic E-state index is 0.0321. The first-order valence-corrected chi connectivity index (χ1v) is 9.02. The average molecular weight is 403 g/mol. The Morgan fingerprint density at radius 2 is 1.23 bits per heavy atom. The van der Waals surface area contributed by atoms with Gasteiger partial charge in [-0.05, 0) is 12.8 Å². The third kappa shape index (κ3) is 4.76. The molecule has 0 saturated heterocycles. The highest BCUT2D eigenvalue weighted by molar-refractivity contribution is 6.32. The van der Waals surface area contributed by atoms with Gasteiger partial charge >= 0.3 is 0 Å². The number of hydrogen-bond donors (Lipinski definition) is 0. The Kier molecular flexibility index (Phi) is 7.47. The summed E-state index contributed by atoms with van der Waals surface area (Å²) >= 11 is 12.0. The molecule has 0 aliphatic heterocycles. The summed E-state index contributed by atoms with van der Waals surface area (Å²) in [6.45, 7) is 5.02. The average Bonchev–Trinajstić information content (AvgIpc) is 2.63. The minimum Gasteiger partial charge on any atom is -0.487 e. The van der Waals surface area contributed by atoms with Crippen molar-refractivity contribution >= 4 is 23.2 Å². The molecular weight excluding hydrogens is 383 g/mol. The van der Waals surface area contributed by atoms with Gasteiger partial charge in [0.25, 0.3) is 11.1 Å². The number of halogens is 2. The summed E-state index contributed by atoms with van der Waals surface area (Å²) in [5.41, 5.74) is -0.808. The molecule has 2 heterocycles. The number of aromatic nitrogens is 4. The van der Waals surface area contributed by atoms with Crippen molar-refractivity contribution in [3.05, 3.63) is 43.1 Å². The fourth-order valence-electron chi connectivity index (χ4n) is 2.15. The number of aryl methyl sites for hydroxylation is 2. The van der Waals surface area contributed by atoms with E-state index in [1.807, 2.05) is 13.8 Å². The van der Waals surface area contributed by atoms with Gasteiger partial charge in [-0.1, -0.05) is 37.0 Å². The molecule has 26 heavy (non-hydrogen) atoms. The van der Waals surface area contributed by atoms with E-state index in [2.05, 4.69) is 10.2 Å². The van der Waals surface area contributed by atoms with Crippen LogP contribution < -0.4 is 20.6 Å². The Bertz CT molecular complexity index is 795. The van der Waals surface area contributed by atoms with Crippen molar-refractivity contribution in [2.24, 2.45) is 0 Å². The van der Waals surface area contributed by atoms with Crippen molar-refractivity contribution in [3.8, 4) is 11.5 Å². The van der Waals surface area contributed by atoms with E-state index < -0.39 is 11.1 Å². The number of ether oxygens (including phenoxy) is 2. The lowest BCUT2D eigenvalue weighted by molar-refractivity contribution is 0.214. The lowest BCUT2D eigenvalue weighted by atomic mass is 10.4. The largest absolute Gasteiger partial charge is 0.487 e. The second-order valence-electron chi connectivity index (χ2n) is 5.40. The summed E-state index contributed by atoms with van der Waals surface area (Å²) < 4.78 is 13.4. The fraction of sp³-hybridized carbons (Fsp3) is 0.500.